The lowest BCUT2D eigenvalue weighted by Gasteiger charge is -2.14. The number of alkyl halides is 3. The first kappa shape index (κ1) is 20.9. The van der Waals surface area contributed by atoms with Gasteiger partial charge in [0.05, 0.1) is 22.5 Å². The van der Waals surface area contributed by atoms with Crippen molar-refractivity contribution in [3.8, 4) is 22.6 Å². The van der Waals surface area contributed by atoms with Crippen LogP contribution in [0.4, 0.5) is 13.2 Å². The fraction of sp³-hybridized carbons (Fsp3) is 0.200. The van der Waals surface area contributed by atoms with Crippen molar-refractivity contribution in [2.24, 2.45) is 0 Å². The molecule has 1 aromatic heterocycles. The van der Waals surface area contributed by atoms with Crippen molar-refractivity contribution >= 4 is 21.9 Å². The summed E-state index contributed by atoms with van der Waals surface area (Å²) in [7, 11) is 0. The molecule has 29 heavy (non-hydrogen) atoms. The zero-order valence-electron chi connectivity index (χ0n) is 15.5. The molecule has 2 aromatic carbocycles. The van der Waals surface area contributed by atoms with E-state index in [9.17, 15) is 18.0 Å². The Balaban J connectivity index is 2.05. The first-order valence-electron chi connectivity index (χ1n) is 8.59. The zero-order valence-corrected chi connectivity index (χ0v) is 17.0. The standard InChI is InChI=1S/C20H16BrF3N2O3/c1-3-28-19(27)18-17(21)12(2)26(25-18)14-8-6-7-13(11-14)15-9-4-5-10-16(15)29-20(22,23)24/h4-11H,3H2,1-2H3. The Morgan fingerprint density at radius 2 is 1.90 bits per heavy atom. The van der Waals surface area contributed by atoms with E-state index in [4.69, 9.17) is 4.74 Å². The highest BCUT2D eigenvalue weighted by molar-refractivity contribution is 9.10. The summed E-state index contributed by atoms with van der Waals surface area (Å²) in [5.41, 5.74) is 2.12. The second kappa shape index (κ2) is 8.28. The fourth-order valence-corrected chi connectivity index (χ4v) is 3.20. The molecule has 5 nitrogen and oxygen atoms in total. The van der Waals surface area contributed by atoms with Gasteiger partial charge >= 0.3 is 12.3 Å². The predicted molar refractivity (Wildman–Crippen MR) is 104 cm³/mol. The van der Waals surface area contributed by atoms with E-state index >= 15 is 0 Å². The number of carbonyl (C=O) groups is 1. The molecule has 0 spiro atoms. The molecule has 0 amide bonds. The van der Waals surface area contributed by atoms with Gasteiger partial charge in [0.25, 0.3) is 0 Å². The summed E-state index contributed by atoms with van der Waals surface area (Å²) in [5, 5.41) is 4.30. The van der Waals surface area contributed by atoms with Gasteiger partial charge in [0, 0.05) is 5.56 Å². The van der Waals surface area contributed by atoms with Crippen LogP contribution >= 0.6 is 15.9 Å². The van der Waals surface area contributed by atoms with Gasteiger partial charge in [-0.05, 0) is 53.5 Å². The molecule has 0 aliphatic carbocycles. The molecule has 0 aliphatic heterocycles. The lowest BCUT2D eigenvalue weighted by atomic mass is 10.0. The molecule has 3 aromatic rings. The third-order valence-electron chi connectivity index (χ3n) is 4.03. The van der Waals surface area contributed by atoms with Crippen LogP contribution in [0.3, 0.4) is 0 Å². The smallest absolute Gasteiger partial charge is 0.461 e. The second-order valence-electron chi connectivity index (χ2n) is 5.97. The maximum atomic E-state index is 12.7. The van der Waals surface area contributed by atoms with Crippen molar-refractivity contribution in [1.82, 2.24) is 9.78 Å². The molecule has 0 atom stereocenters. The number of nitrogens with zero attached hydrogens (tertiary/aromatic N) is 2. The molecule has 152 valence electrons. The highest BCUT2D eigenvalue weighted by Crippen LogP contribution is 2.35. The summed E-state index contributed by atoms with van der Waals surface area (Å²) < 4.78 is 49.4. The number of para-hydroxylation sites is 1. The lowest BCUT2D eigenvalue weighted by molar-refractivity contribution is -0.274. The van der Waals surface area contributed by atoms with Crippen molar-refractivity contribution < 1.29 is 27.4 Å². The topological polar surface area (TPSA) is 53.3 Å². The van der Waals surface area contributed by atoms with Crippen LogP contribution < -0.4 is 4.74 Å². The van der Waals surface area contributed by atoms with Crippen molar-refractivity contribution in [2.75, 3.05) is 6.61 Å². The van der Waals surface area contributed by atoms with Crippen molar-refractivity contribution in [2.45, 2.75) is 20.2 Å². The fourth-order valence-electron chi connectivity index (χ4n) is 2.79. The number of benzene rings is 2. The second-order valence-corrected chi connectivity index (χ2v) is 6.77. The van der Waals surface area contributed by atoms with Crippen LogP contribution in [0.1, 0.15) is 23.1 Å². The third-order valence-corrected chi connectivity index (χ3v) is 4.98. The summed E-state index contributed by atoms with van der Waals surface area (Å²) in [6.45, 7) is 3.66. The maximum absolute atomic E-state index is 12.7. The number of aromatic nitrogens is 2. The third kappa shape index (κ3) is 4.61. The minimum Gasteiger partial charge on any atom is -0.461 e. The number of hydrogen-bond acceptors (Lipinski definition) is 4. The summed E-state index contributed by atoms with van der Waals surface area (Å²) in [4.78, 5) is 12.1. The van der Waals surface area contributed by atoms with E-state index in [-0.39, 0.29) is 23.6 Å². The van der Waals surface area contributed by atoms with Gasteiger partial charge in [0.1, 0.15) is 5.75 Å². The minimum atomic E-state index is -4.80. The molecule has 0 aliphatic rings. The van der Waals surface area contributed by atoms with E-state index in [1.54, 1.807) is 44.2 Å². The average molecular weight is 469 g/mol. The van der Waals surface area contributed by atoms with Gasteiger partial charge in [0.2, 0.25) is 0 Å². The van der Waals surface area contributed by atoms with Gasteiger partial charge < -0.3 is 9.47 Å². The Labute approximate surface area is 173 Å². The van der Waals surface area contributed by atoms with Crippen LogP contribution in [0.15, 0.2) is 53.0 Å². The molecule has 0 N–H and O–H groups in total. The summed E-state index contributed by atoms with van der Waals surface area (Å²) in [6.07, 6.45) is -4.80. The Kier molecular flexibility index (Phi) is 5.97. The molecule has 3 rings (SSSR count). The molecule has 0 fully saturated rings. The Morgan fingerprint density at radius 1 is 1.17 bits per heavy atom. The maximum Gasteiger partial charge on any atom is 0.573 e. The molecule has 0 unspecified atom stereocenters. The summed E-state index contributed by atoms with van der Waals surface area (Å²) in [6, 6.07) is 12.6. The van der Waals surface area contributed by atoms with Gasteiger partial charge in [-0.1, -0.05) is 30.3 Å². The number of hydrogen-bond donors (Lipinski definition) is 0. The molecular weight excluding hydrogens is 453 g/mol. The van der Waals surface area contributed by atoms with Crippen molar-refractivity contribution in [1.29, 1.82) is 0 Å². The minimum absolute atomic E-state index is 0.121. The van der Waals surface area contributed by atoms with Crippen LogP contribution in [0, 0.1) is 6.92 Å². The van der Waals surface area contributed by atoms with Crippen LogP contribution in [0.5, 0.6) is 5.75 Å². The monoisotopic (exact) mass is 468 g/mol. The first-order chi connectivity index (χ1) is 13.7. The number of carbonyl (C=O) groups excluding carboxylic acids is 1. The van der Waals surface area contributed by atoms with Gasteiger partial charge in [-0.2, -0.15) is 5.10 Å². The Morgan fingerprint density at radius 3 is 2.59 bits per heavy atom. The Bertz CT molecular complexity index is 1050. The van der Waals surface area contributed by atoms with Crippen molar-refractivity contribution in [3.63, 3.8) is 0 Å². The van der Waals surface area contributed by atoms with E-state index in [1.165, 1.54) is 22.9 Å². The van der Waals surface area contributed by atoms with E-state index in [0.717, 1.165) is 0 Å². The predicted octanol–water partition coefficient (Wildman–Crippen LogP) is 5.69. The van der Waals surface area contributed by atoms with E-state index < -0.39 is 12.3 Å². The van der Waals surface area contributed by atoms with Crippen LogP contribution in [0.2, 0.25) is 0 Å². The van der Waals surface area contributed by atoms with Crippen LogP contribution in [-0.4, -0.2) is 28.7 Å². The zero-order chi connectivity index (χ0) is 21.2. The molecule has 0 bridgehead atoms. The summed E-state index contributed by atoms with van der Waals surface area (Å²) in [5.74, 6) is -0.871. The number of halogens is 4. The number of esters is 1. The summed E-state index contributed by atoms with van der Waals surface area (Å²) >= 11 is 3.35. The Hall–Kier alpha value is -2.81. The normalized spacial score (nSPS) is 11.4. The molecule has 0 radical (unpaired) electrons. The van der Waals surface area contributed by atoms with Gasteiger partial charge in [-0.15, -0.1) is 13.2 Å². The van der Waals surface area contributed by atoms with Gasteiger partial charge in [-0.3, -0.25) is 0 Å². The number of ether oxygens (including phenoxy) is 2. The lowest BCUT2D eigenvalue weighted by Crippen LogP contribution is -2.17. The largest absolute Gasteiger partial charge is 0.573 e. The van der Waals surface area contributed by atoms with Crippen molar-refractivity contribution in [3.05, 3.63) is 64.4 Å². The molecular formula is C20H16BrF3N2O3. The van der Waals surface area contributed by atoms with Gasteiger partial charge in [-0.25, -0.2) is 9.48 Å². The molecule has 0 saturated heterocycles. The van der Waals surface area contributed by atoms with Gasteiger partial charge in [0.15, 0.2) is 5.69 Å². The SMILES string of the molecule is CCOC(=O)c1nn(-c2cccc(-c3ccccc3OC(F)(F)F)c2)c(C)c1Br. The van der Waals surface area contributed by atoms with E-state index in [1.807, 2.05) is 0 Å². The molecule has 9 heteroatoms. The molecule has 0 saturated carbocycles. The quantitative estimate of drug-likeness (QED) is 0.451. The highest BCUT2D eigenvalue weighted by atomic mass is 79.9. The van der Waals surface area contributed by atoms with Crippen LogP contribution in [-0.2, 0) is 4.74 Å². The highest BCUT2D eigenvalue weighted by Gasteiger charge is 2.32. The van der Waals surface area contributed by atoms with E-state index in [0.29, 0.717) is 21.4 Å². The average Bonchev–Trinajstić information content (AvgIpc) is 2.96. The van der Waals surface area contributed by atoms with Crippen LogP contribution in [0.25, 0.3) is 16.8 Å². The molecule has 1 heterocycles. The van der Waals surface area contributed by atoms with E-state index in [2.05, 4.69) is 25.8 Å². The number of rotatable bonds is 5. The first-order valence-corrected chi connectivity index (χ1v) is 9.38.